The Kier molecular flexibility index (Phi) is 5.46. The number of anilines is 2. The molecular weight excluding hydrogens is 441 g/mol. The molecule has 0 aromatic heterocycles. The van der Waals surface area contributed by atoms with Gasteiger partial charge in [0.05, 0.1) is 5.69 Å². The van der Waals surface area contributed by atoms with Gasteiger partial charge in [0.25, 0.3) is 11.8 Å². The fraction of sp³-hybridized carbons (Fsp3) is 0.125. The van der Waals surface area contributed by atoms with Crippen LogP contribution in [0.3, 0.4) is 0 Å². The first-order valence-electron chi connectivity index (χ1n) is 10.4. The standard InChI is InChI=1S/C24H18FN5O4/c25-15-6-10-17(11-7-15)30-23(32)21-22(24(30)33)29(28-27-21)14-20(31)26-16-8-12-19(13-9-16)34-18-4-2-1-3-5-18/h1-13,21-22H,14H2,(H,26,31)/t21-,22-/m0/s1. The number of nitrogens with one attached hydrogen (secondary N) is 1. The summed E-state index contributed by atoms with van der Waals surface area (Å²) in [4.78, 5) is 39.1. The van der Waals surface area contributed by atoms with E-state index in [4.69, 9.17) is 4.74 Å². The smallest absolute Gasteiger partial charge is 0.263 e. The molecule has 170 valence electrons. The molecule has 0 unspecified atom stereocenters. The van der Waals surface area contributed by atoms with Crippen molar-refractivity contribution in [2.24, 2.45) is 10.3 Å². The SMILES string of the molecule is O=C(CN1N=N[C@@H]2C(=O)N(c3ccc(F)cc3)C(=O)[C@H]21)Nc1ccc(Oc2ccccc2)cc1. The molecule has 0 spiro atoms. The number of hydrogen-bond acceptors (Lipinski definition) is 7. The number of hydrogen-bond donors (Lipinski definition) is 1. The van der Waals surface area contributed by atoms with Crippen LogP contribution in [0, 0.1) is 5.82 Å². The molecule has 1 fully saturated rings. The summed E-state index contributed by atoms with van der Waals surface area (Å²) in [6.45, 7) is -0.275. The average Bonchev–Trinajstić information content (AvgIpc) is 3.36. The molecule has 0 saturated carbocycles. The van der Waals surface area contributed by atoms with E-state index in [1.165, 1.54) is 17.1 Å². The van der Waals surface area contributed by atoms with Gasteiger partial charge < -0.3 is 10.1 Å². The van der Waals surface area contributed by atoms with Gasteiger partial charge >= 0.3 is 0 Å². The average molecular weight is 459 g/mol. The molecule has 3 aromatic rings. The number of fused-ring (bicyclic) bond motifs is 1. The van der Waals surface area contributed by atoms with Crippen LogP contribution >= 0.6 is 0 Å². The van der Waals surface area contributed by atoms with E-state index in [2.05, 4.69) is 15.7 Å². The summed E-state index contributed by atoms with van der Waals surface area (Å²) in [7, 11) is 0. The first kappa shape index (κ1) is 21.3. The molecule has 2 aliphatic rings. The molecule has 9 nitrogen and oxygen atoms in total. The molecule has 1 N–H and O–H groups in total. The van der Waals surface area contributed by atoms with Crippen molar-refractivity contribution in [1.29, 1.82) is 0 Å². The summed E-state index contributed by atoms with van der Waals surface area (Å²) < 4.78 is 18.9. The van der Waals surface area contributed by atoms with Gasteiger partial charge in [0.15, 0.2) is 12.1 Å². The van der Waals surface area contributed by atoms with Crippen LogP contribution in [0.4, 0.5) is 15.8 Å². The highest BCUT2D eigenvalue weighted by Crippen LogP contribution is 2.32. The van der Waals surface area contributed by atoms with Crippen LogP contribution in [0.1, 0.15) is 0 Å². The lowest BCUT2D eigenvalue weighted by molar-refractivity contribution is -0.123. The minimum atomic E-state index is -1.04. The van der Waals surface area contributed by atoms with E-state index in [1.54, 1.807) is 24.3 Å². The van der Waals surface area contributed by atoms with E-state index in [0.717, 1.165) is 17.0 Å². The molecule has 1 saturated heterocycles. The quantitative estimate of drug-likeness (QED) is 0.568. The maximum absolute atomic E-state index is 13.2. The fourth-order valence-electron chi connectivity index (χ4n) is 3.78. The van der Waals surface area contributed by atoms with Gasteiger partial charge in [0.1, 0.15) is 23.9 Å². The molecule has 2 heterocycles. The van der Waals surface area contributed by atoms with Crippen LogP contribution in [0.15, 0.2) is 89.2 Å². The monoisotopic (exact) mass is 459 g/mol. The Hall–Kier alpha value is -4.60. The normalized spacial score (nSPS) is 18.9. The Bertz CT molecular complexity index is 1260. The van der Waals surface area contributed by atoms with Crippen molar-refractivity contribution in [1.82, 2.24) is 5.01 Å². The van der Waals surface area contributed by atoms with Crippen LogP contribution in [0.2, 0.25) is 0 Å². The number of imide groups is 1. The third-order valence-corrected chi connectivity index (χ3v) is 5.37. The molecule has 34 heavy (non-hydrogen) atoms. The van der Waals surface area contributed by atoms with Gasteiger partial charge in [-0.2, -0.15) is 5.11 Å². The van der Waals surface area contributed by atoms with Gasteiger partial charge in [-0.1, -0.05) is 23.4 Å². The first-order valence-corrected chi connectivity index (χ1v) is 10.4. The zero-order valence-electron chi connectivity index (χ0n) is 17.7. The number of rotatable bonds is 6. The molecule has 5 rings (SSSR count). The third kappa shape index (κ3) is 4.08. The van der Waals surface area contributed by atoms with Gasteiger partial charge in [0.2, 0.25) is 5.91 Å². The van der Waals surface area contributed by atoms with Gasteiger partial charge in [-0.25, -0.2) is 9.29 Å². The van der Waals surface area contributed by atoms with Gasteiger partial charge in [0, 0.05) is 5.69 Å². The molecule has 0 bridgehead atoms. The Morgan fingerprint density at radius 3 is 2.29 bits per heavy atom. The highest BCUT2D eigenvalue weighted by Gasteiger charge is 2.55. The van der Waals surface area contributed by atoms with Crippen LogP contribution < -0.4 is 15.0 Å². The Labute approximate surface area is 193 Å². The number of carbonyl (C=O) groups excluding carboxylic acids is 3. The highest BCUT2D eigenvalue weighted by atomic mass is 19.1. The summed E-state index contributed by atoms with van der Waals surface area (Å²) >= 11 is 0. The minimum Gasteiger partial charge on any atom is -0.457 e. The molecular formula is C24H18FN5O4. The third-order valence-electron chi connectivity index (χ3n) is 5.37. The number of carbonyl (C=O) groups is 3. The maximum atomic E-state index is 13.2. The first-order chi connectivity index (χ1) is 16.5. The van der Waals surface area contributed by atoms with Crippen molar-refractivity contribution in [3.8, 4) is 11.5 Å². The molecule has 2 aliphatic heterocycles. The van der Waals surface area contributed by atoms with Crippen molar-refractivity contribution in [2.45, 2.75) is 12.1 Å². The number of nitrogens with zero attached hydrogens (tertiary/aromatic N) is 4. The summed E-state index contributed by atoms with van der Waals surface area (Å²) in [6, 6.07) is 19.0. The zero-order chi connectivity index (χ0) is 23.7. The second kappa shape index (κ2) is 8.74. The molecule has 0 aliphatic carbocycles. The Morgan fingerprint density at radius 1 is 0.912 bits per heavy atom. The van der Waals surface area contributed by atoms with Crippen molar-refractivity contribution in [2.75, 3.05) is 16.8 Å². The van der Waals surface area contributed by atoms with Gasteiger partial charge in [-0.3, -0.25) is 19.4 Å². The van der Waals surface area contributed by atoms with Crippen molar-refractivity contribution < 1.29 is 23.5 Å². The Balaban J connectivity index is 1.22. The zero-order valence-corrected chi connectivity index (χ0v) is 17.7. The molecule has 2 atom stereocenters. The van der Waals surface area contributed by atoms with Crippen LogP contribution in [-0.4, -0.2) is 41.4 Å². The van der Waals surface area contributed by atoms with E-state index >= 15 is 0 Å². The van der Waals surface area contributed by atoms with Gasteiger partial charge in [-0.15, -0.1) is 0 Å². The number of amides is 3. The van der Waals surface area contributed by atoms with E-state index < -0.39 is 35.6 Å². The fourth-order valence-corrected chi connectivity index (χ4v) is 3.78. The predicted octanol–water partition coefficient (Wildman–Crippen LogP) is 3.55. The number of para-hydroxylation sites is 1. The van der Waals surface area contributed by atoms with E-state index in [1.807, 2.05) is 30.3 Å². The van der Waals surface area contributed by atoms with Crippen molar-refractivity contribution >= 4 is 29.1 Å². The van der Waals surface area contributed by atoms with Crippen LogP contribution in [0.25, 0.3) is 0 Å². The second-order valence-corrected chi connectivity index (χ2v) is 7.67. The topological polar surface area (TPSA) is 104 Å². The Morgan fingerprint density at radius 2 is 1.59 bits per heavy atom. The van der Waals surface area contributed by atoms with E-state index in [0.29, 0.717) is 17.2 Å². The highest BCUT2D eigenvalue weighted by molar-refractivity contribution is 6.25. The lowest BCUT2D eigenvalue weighted by Crippen LogP contribution is -2.43. The van der Waals surface area contributed by atoms with Crippen LogP contribution in [0.5, 0.6) is 11.5 Å². The van der Waals surface area contributed by atoms with Crippen LogP contribution in [-0.2, 0) is 14.4 Å². The summed E-state index contributed by atoms with van der Waals surface area (Å²) in [6.07, 6.45) is 0. The minimum absolute atomic E-state index is 0.239. The maximum Gasteiger partial charge on any atom is 0.263 e. The summed E-state index contributed by atoms with van der Waals surface area (Å²) in [5.74, 6) is -0.753. The number of benzene rings is 3. The van der Waals surface area contributed by atoms with Crippen molar-refractivity contribution in [3.63, 3.8) is 0 Å². The molecule has 0 radical (unpaired) electrons. The van der Waals surface area contributed by atoms with Gasteiger partial charge in [-0.05, 0) is 60.7 Å². The summed E-state index contributed by atoms with van der Waals surface area (Å²) in [5, 5.41) is 11.7. The molecule has 3 aromatic carbocycles. The number of halogens is 1. The lowest BCUT2D eigenvalue weighted by Gasteiger charge is -2.20. The second-order valence-electron chi connectivity index (χ2n) is 7.67. The summed E-state index contributed by atoms with van der Waals surface area (Å²) in [5.41, 5.74) is 0.767. The molecule has 10 heteroatoms. The largest absolute Gasteiger partial charge is 0.457 e. The predicted molar refractivity (Wildman–Crippen MR) is 120 cm³/mol. The van der Waals surface area contributed by atoms with E-state index in [-0.39, 0.29) is 12.2 Å². The molecule has 3 amide bonds. The lowest BCUT2D eigenvalue weighted by atomic mass is 10.1. The van der Waals surface area contributed by atoms with Crippen molar-refractivity contribution in [3.05, 3.63) is 84.7 Å². The number of ether oxygens (including phenoxy) is 1. The van der Waals surface area contributed by atoms with E-state index in [9.17, 15) is 18.8 Å².